The van der Waals surface area contributed by atoms with E-state index in [4.69, 9.17) is 0 Å². The van der Waals surface area contributed by atoms with Crippen molar-refractivity contribution in [1.29, 1.82) is 0 Å². The van der Waals surface area contributed by atoms with Gasteiger partial charge in [-0.1, -0.05) is 31.6 Å². The number of aliphatic imine (C=N–C) groups is 1. The second kappa shape index (κ2) is 6.16. The van der Waals surface area contributed by atoms with Crippen molar-refractivity contribution >= 4 is 11.8 Å². The van der Waals surface area contributed by atoms with Crippen LogP contribution >= 0.6 is 0 Å². The number of hydrogen-bond donors (Lipinski definition) is 1. The highest BCUT2D eigenvalue weighted by Crippen LogP contribution is 2.66. The number of aliphatic hydroxyl groups excluding tert-OH is 1. The Bertz CT molecular complexity index is 940. The summed E-state index contributed by atoms with van der Waals surface area (Å²) >= 11 is 0. The van der Waals surface area contributed by atoms with Crippen LogP contribution in [0.15, 0.2) is 28.9 Å². The Morgan fingerprint density at radius 2 is 1.93 bits per heavy atom. The molecule has 3 unspecified atom stereocenters. The van der Waals surface area contributed by atoms with Crippen LogP contribution in [0.5, 0.6) is 0 Å². The molecule has 5 aliphatic rings. The maximum atomic E-state index is 10.2. The molecule has 6 atom stereocenters. The fourth-order valence-corrected chi connectivity index (χ4v) is 7.89. The van der Waals surface area contributed by atoms with Gasteiger partial charge in [0.05, 0.1) is 18.0 Å². The third-order valence-corrected chi connectivity index (χ3v) is 9.53. The lowest BCUT2D eigenvalue weighted by molar-refractivity contribution is -0.0238. The molecule has 4 aliphatic carbocycles. The lowest BCUT2D eigenvalue weighted by atomic mass is 9.47. The summed E-state index contributed by atoms with van der Waals surface area (Å²) in [5.41, 5.74) is 6.47. The molecule has 0 saturated heterocycles. The second-order valence-corrected chi connectivity index (χ2v) is 10.7. The molecule has 0 bridgehead atoms. The number of fused-ring (bicyclic) bond motifs is 6. The van der Waals surface area contributed by atoms with Gasteiger partial charge in [-0.25, -0.2) is 4.68 Å². The van der Waals surface area contributed by atoms with E-state index in [1.165, 1.54) is 43.4 Å². The molecule has 1 aromatic rings. The summed E-state index contributed by atoms with van der Waals surface area (Å²) in [6.45, 7) is 5.73. The first-order valence-corrected chi connectivity index (χ1v) is 11.6. The van der Waals surface area contributed by atoms with Crippen molar-refractivity contribution in [3.8, 4) is 0 Å². The number of hydrogen-bond acceptors (Lipinski definition) is 3. The quantitative estimate of drug-likeness (QED) is 0.700. The fourth-order valence-electron chi connectivity index (χ4n) is 7.89. The predicted molar refractivity (Wildman–Crippen MR) is 115 cm³/mol. The molecule has 1 aromatic heterocycles. The van der Waals surface area contributed by atoms with E-state index in [-0.39, 0.29) is 11.5 Å². The molecule has 0 spiro atoms. The summed E-state index contributed by atoms with van der Waals surface area (Å²) in [5.74, 6) is 2.30. The first-order chi connectivity index (χ1) is 14.0. The summed E-state index contributed by atoms with van der Waals surface area (Å²) in [6, 6.07) is 0. The summed E-state index contributed by atoms with van der Waals surface area (Å²) in [5, 5.41) is 14.9. The molecule has 1 aliphatic heterocycles. The summed E-state index contributed by atoms with van der Waals surface area (Å²) in [4.78, 5) is 4.39. The van der Waals surface area contributed by atoms with Crippen LogP contribution in [-0.2, 0) is 13.1 Å². The van der Waals surface area contributed by atoms with Crippen LogP contribution in [0.3, 0.4) is 0 Å². The van der Waals surface area contributed by atoms with Gasteiger partial charge < -0.3 is 5.11 Å². The normalized spacial score (nSPS) is 43.0. The number of aromatic nitrogens is 2. The predicted octanol–water partition coefficient (Wildman–Crippen LogP) is 4.78. The highest BCUT2D eigenvalue weighted by Gasteiger charge is 2.57. The van der Waals surface area contributed by atoms with Crippen LogP contribution in [0.2, 0.25) is 0 Å². The maximum absolute atomic E-state index is 10.2. The Labute approximate surface area is 173 Å². The molecule has 2 saturated carbocycles. The third kappa shape index (κ3) is 2.41. The average Bonchev–Trinajstić information content (AvgIpc) is 3.29. The number of aliphatic hydroxyl groups is 1. The first-order valence-electron chi connectivity index (χ1n) is 11.6. The van der Waals surface area contributed by atoms with Gasteiger partial charge in [0.25, 0.3) is 0 Å². The minimum Gasteiger partial charge on any atom is -0.393 e. The van der Waals surface area contributed by atoms with Crippen molar-refractivity contribution in [3.05, 3.63) is 35.2 Å². The molecule has 1 N–H and O–H groups in total. The zero-order chi connectivity index (χ0) is 19.8. The van der Waals surface area contributed by atoms with Crippen molar-refractivity contribution in [2.75, 3.05) is 0 Å². The lowest BCUT2D eigenvalue weighted by Crippen LogP contribution is -2.49. The molecule has 154 valence electrons. The van der Waals surface area contributed by atoms with Gasteiger partial charge in [-0.3, -0.25) is 4.99 Å². The van der Waals surface area contributed by atoms with E-state index < -0.39 is 0 Å². The molecule has 29 heavy (non-hydrogen) atoms. The molecule has 4 nitrogen and oxygen atoms in total. The molecule has 2 fully saturated rings. The highest BCUT2D eigenvalue weighted by atomic mass is 16.3. The van der Waals surface area contributed by atoms with Crippen LogP contribution < -0.4 is 0 Å². The Morgan fingerprint density at radius 1 is 1.07 bits per heavy atom. The lowest BCUT2D eigenvalue weighted by Gasteiger charge is -2.57. The smallest absolute Gasteiger partial charge is 0.131 e. The Balaban J connectivity index is 1.33. The number of rotatable bonds is 1. The van der Waals surface area contributed by atoms with Crippen molar-refractivity contribution < 1.29 is 5.11 Å². The van der Waals surface area contributed by atoms with E-state index in [0.717, 1.165) is 37.0 Å². The van der Waals surface area contributed by atoms with E-state index in [1.807, 2.05) is 0 Å². The van der Waals surface area contributed by atoms with Gasteiger partial charge in [0.2, 0.25) is 0 Å². The molecule has 4 heteroatoms. The SMILES string of the molecule is C[C@]12CC[C@H](O)CC1=CCC1C2CC[C@]2(C)C(c3cnn4c3CC=NC4)=CCC12. The maximum Gasteiger partial charge on any atom is 0.131 e. The molecule has 0 aromatic carbocycles. The average molecular weight is 392 g/mol. The van der Waals surface area contributed by atoms with Crippen molar-refractivity contribution in [1.82, 2.24) is 9.78 Å². The van der Waals surface area contributed by atoms with Crippen LogP contribution in [0.25, 0.3) is 5.57 Å². The molecular formula is C25H33N3O. The minimum atomic E-state index is -0.114. The molecule has 2 heterocycles. The third-order valence-electron chi connectivity index (χ3n) is 9.53. The summed E-state index contributed by atoms with van der Waals surface area (Å²) < 4.78 is 2.09. The Kier molecular flexibility index (Phi) is 3.85. The fraction of sp³-hybridized carbons (Fsp3) is 0.680. The number of allylic oxidation sites excluding steroid dienone is 3. The monoisotopic (exact) mass is 391 g/mol. The number of nitrogens with zero attached hydrogens (tertiary/aromatic N) is 3. The Hall–Kier alpha value is -1.68. The van der Waals surface area contributed by atoms with Gasteiger partial charge in [-0.05, 0) is 79.1 Å². The van der Waals surface area contributed by atoms with Crippen LogP contribution in [0.4, 0.5) is 0 Å². The van der Waals surface area contributed by atoms with E-state index >= 15 is 0 Å². The van der Waals surface area contributed by atoms with Crippen molar-refractivity contribution in [2.45, 2.75) is 78.0 Å². The highest BCUT2D eigenvalue weighted by molar-refractivity contribution is 5.76. The summed E-state index contributed by atoms with van der Waals surface area (Å²) in [7, 11) is 0. The molecule has 6 rings (SSSR count). The van der Waals surface area contributed by atoms with Crippen molar-refractivity contribution in [3.63, 3.8) is 0 Å². The van der Waals surface area contributed by atoms with Crippen LogP contribution in [0.1, 0.15) is 70.1 Å². The zero-order valence-corrected chi connectivity index (χ0v) is 17.8. The molecule has 0 radical (unpaired) electrons. The molecule has 0 amide bonds. The largest absolute Gasteiger partial charge is 0.393 e. The van der Waals surface area contributed by atoms with Gasteiger partial charge in [0.15, 0.2) is 0 Å². The van der Waals surface area contributed by atoms with Crippen molar-refractivity contribution in [2.24, 2.45) is 33.6 Å². The first kappa shape index (κ1) is 18.1. The van der Waals surface area contributed by atoms with Gasteiger partial charge in [0, 0.05) is 18.2 Å². The van der Waals surface area contributed by atoms with Gasteiger partial charge in [-0.15, -0.1) is 0 Å². The van der Waals surface area contributed by atoms with Crippen LogP contribution in [0, 0.1) is 28.6 Å². The summed E-state index contributed by atoms with van der Waals surface area (Å²) in [6.07, 6.45) is 18.1. The minimum absolute atomic E-state index is 0.114. The van der Waals surface area contributed by atoms with Gasteiger partial charge in [0.1, 0.15) is 6.67 Å². The van der Waals surface area contributed by atoms with E-state index in [9.17, 15) is 5.11 Å². The molecular weight excluding hydrogens is 358 g/mol. The second-order valence-electron chi connectivity index (χ2n) is 10.7. The van der Waals surface area contributed by atoms with E-state index in [0.29, 0.717) is 12.1 Å². The van der Waals surface area contributed by atoms with Gasteiger partial charge >= 0.3 is 0 Å². The zero-order valence-electron chi connectivity index (χ0n) is 17.8. The van der Waals surface area contributed by atoms with E-state index in [2.05, 4.69) is 53.2 Å². The Morgan fingerprint density at radius 3 is 2.83 bits per heavy atom. The van der Waals surface area contributed by atoms with Gasteiger partial charge in [-0.2, -0.15) is 5.10 Å². The standard InChI is InChI=1S/C25H33N3O/c1-24-10-7-17(29)13-16(24)3-4-18-20-5-6-21(25(20,2)11-8-22(18)24)19-14-27-28-15-26-12-9-23(19)28/h3,6,12,14,17-18,20,22,29H,4-5,7-11,13,15H2,1-2H3/t17-,18?,20?,22?,24-,25-/m0/s1. The topological polar surface area (TPSA) is 50.4 Å². The van der Waals surface area contributed by atoms with Crippen LogP contribution in [-0.4, -0.2) is 27.2 Å². The van der Waals surface area contributed by atoms with E-state index in [1.54, 1.807) is 11.1 Å².